The van der Waals surface area contributed by atoms with Crippen LogP contribution in [0.2, 0.25) is 0 Å². The zero-order valence-electron chi connectivity index (χ0n) is 15.7. The number of aromatic nitrogens is 2. The van der Waals surface area contributed by atoms with Crippen LogP contribution in [0, 0.1) is 5.92 Å². The Labute approximate surface area is 150 Å². The molecular formula is C19H31N5O. The van der Waals surface area contributed by atoms with E-state index in [1.54, 1.807) is 0 Å². The third-order valence-electron chi connectivity index (χ3n) is 3.78. The fourth-order valence-corrected chi connectivity index (χ4v) is 2.40. The Morgan fingerprint density at radius 2 is 2.16 bits per heavy atom. The Morgan fingerprint density at radius 1 is 1.28 bits per heavy atom. The Bertz CT molecular complexity index is 617. The van der Waals surface area contributed by atoms with Crippen molar-refractivity contribution in [3.05, 3.63) is 36.3 Å². The summed E-state index contributed by atoms with van der Waals surface area (Å²) < 4.78 is 7.65. The first-order valence-corrected chi connectivity index (χ1v) is 9.21. The molecule has 2 aromatic heterocycles. The molecule has 2 heterocycles. The molecule has 0 aromatic carbocycles. The second-order valence-electron chi connectivity index (χ2n) is 6.43. The summed E-state index contributed by atoms with van der Waals surface area (Å²) in [5.74, 6) is 1.51. The molecule has 0 unspecified atom stereocenters. The lowest BCUT2D eigenvalue weighted by atomic mass is 10.1. The van der Waals surface area contributed by atoms with Crippen molar-refractivity contribution in [2.75, 3.05) is 32.8 Å². The summed E-state index contributed by atoms with van der Waals surface area (Å²) in [7, 11) is 0. The van der Waals surface area contributed by atoms with E-state index in [0.717, 1.165) is 49.8 Å². The van der Waals surface area contributed by atoms with Crippen LogP contribution in [0.3, 0.4) is 0 Å². The molecule has 0 aliphatic carbocycles. The molecule has 0 saturated heterocycles. The number of ether oxygens (including phenoxy) is 1. The van der Waals surface area contributed by atoms with Crippen molar-refractivity contribution in [2.24, 2.45) is 10.9 Å². The summed E-state index contributed by atoms with van der Waals surface area (Å²) in [6.07, 6.45) is 6.05. The number of hydrogen-bond donors (Lipinski definition) is 2. The van der Waals surface area contributed by atoms with Gasteiger partial charge in [-0.25, -0.2) is 4.98 Å². The fraction of sp³-hybridized carbons (Fsp3) is 0.579. The van der Waals surface area contributed by atoms with E-state index in [9.17, 15) is 0 Å². The second-order valence-corrected chi connectivity index (χ2v) is 6.43. The molecule has 6 heteroatoms. The lowest BCUT2D eigenvalue weighted by Crippen LogP contribution is -2.38. The first kappa shape index (κ1) is 19.2. The largest absolute Gasteiger partial charge is 0.380 e. The van der Waals surface area contributed by atoms with Gasteiger partial charge < -0.3 is 19.8 Å². The van der Waals surface area contributed by atoms with E-state index in [0.29, 0.717) is 19.1 Å². The predicted molar refractivity (Wildman–Crippen MR) is 103 cm³/mol. The van der Waals surface area contributed by atoms with Gasteiger partial charge >= 0.3 is 0 Å². The van der Waals surface area contributed by atoms with Crippen LogP contribution in [-0.2, 0) is 11.2 Å². The van der Waals surface area contributed by atoms with Crippen LogP contribution in [-0.4, -0.2) is 48.2 Å². The molecule has 25 heavy (non-hydrogen) atoms. The van der Waals surface area contributed by atoms with Crippen molar-refractivity contribution in [2.45, 2.75) is 33.6 Å². The molecule has 0 saturated carbocycles. The smallest absolute Gasteiger partial charge is 0.191 e. The highest BCUT2D eigenvalue weighted by molar-refractivity contribution is 5.79. The number of imidazole rings is 1. The number of hydrogen-bond acceptors (Lipinski definition) is 3. The van der Waals surface area contributed by atoms with E-state index in [2.05, 4.69) is 47.6 Å². The van der Waals surface area contributed by atoms with Gasteiger partial charge in [0.15, 0.2) is 5.96 Å². The second kappa shape index (κ2) is 10.7. The average Bonchev–Trinajstić information content (AvgIpc) is 3.00. The van der Waals surface area contributed by atoms with Crippen LogP contribution in [0.5, 0.6) is 0 Å². The standard InChI is InChI=1S/C19H31N5O/c1-4-20-19(22-11-14-25-13-9-16(2)3)21-10-8-17-15-24-12-6-5-7-18(24)23-17/h5-7,12,15-16H,4,8-11,13-14H2,1-3H3,(H2,20,21,22). The maximum Gasteiger partial charge on any atom is 0.191 e. The first-order valence-electron chi connectivity index (χ1n) is 9.21. The molecule has 138 valence electrons. The third-order valence-corrected chi connectivity index (χ3v) is 3.78. The molecular weight excluding hydrogens is 314 g/mol. The third kappa shape index (κ3) is 7.13. The normalized spacial score (nSPS) is 12.1. The minimum Gasteiger partial charge on any atom is -0.380 e. The van der Waals surface area contributed by atoms with Crippen LogP contribution in [0.15, 0.2) is 35.6 Å². The Kier molecular flexibility index (Phi) is 8.25. The number of aliphatic imine (C=N–C) groups is 1. The molecule has 0 spiro atoms. The zero-order valence-corrected chi connectivity index (χ0v) is 15.7. The van der Waals surface area contributed by atoms with Gasteiger partial charge in [-0.3, -0.25) is 4.99 Å². The molecule has 0 radical (unpaired) electrons. The van der Waals surface area contributed by atoms with Crippen molar-refractivity contribution in [3.8, 4) is 0 Å². The summed E-state index contributed by atoms with van der Waals surface area (Å²) in [6, 6.07) is 6.03. The van der Waals surface area contributed by atoms with Crippen LogP contribution in [0.1, 0.15) is 32.9 Å². The Hall–Kier alpha value is -2.08. The predicted octanol–water partition coefficient (Wildman–Crippen LogP) is 2.49. The SMILES string of the molecule is CCNC(=NCCOCCC(C)C)NCCc1cn2ccccc2n1. The molecule has 0 fully saturated rings. The van der Waals surface area contributed by atoms with E-state index in [1.807, 2.05) is 28.8 Å². The molecule has 0 aliphatic heterocycles. The monoisotopic (exact) mass is 345 g/mol. The van der Waals surface area contributed by atoms with Crippen LogP contribution in [0.25, 0.3) is 5.65 Å². The number of pyridine rings is 1. The Balaban J connectivity index is 1.71. The maximum absolute atomic E-state index is 5.61. The van der Waals surface area contributed by atoms with E-state index in [-0.39, 0.29) is 0 Å². The van der Waals surface area contributed by atoms with Gasteiger partial charge in [0.05, 0.1) is 18.8 Å². The highest BCUT2D eigenvalue weighted by Crippen LogP contribution is 2.04. The van der Waals surface area contributed by atoms with Gasteiger partial charge in [-0.05, 0) is 31.4 Å². The minimum atomic E-state index is 0.662. The lowest BCUT2D eigenvalue weighted by molar-refractivity contribution is 0.130. The van der Waals surface area contributed by atoms with Gasteiger partial charge in [-0.15, -0.1) is 0 Å². The Morgan fingerprint density at radius 3 is 2.92 bits per heavy atom. The molecule has 6 nitrogen and oxygen atoms in total. The van der Waals surface area contributed by atoms with Crippen molar-refractivity contribution in [3.63, 3.8) is 0 Å². The van der Waals surface area contributed by atoms with E-state index < -0.39 is 0 Å². The average molecular weight is 345 g/mol. The van der Waals surface area contributed by atoms with Crippen molar-refractivity contribution in [1.29, 1.82) is 0 Å². The highest BCUT2D eigenvalue weighted by atomic mass is 16.5. The van der Waals surface area contributed by atoms with Crippen molar-refractivity contribution in [1.82, 2.24) is 20.0 Å². The molecule has 0 amide bonds. The van der Waals surface area contributed by atoms with Gasteiger partial charge in [-0.2, -0.15) is 0 Å². The molecule has 0 bridgehead atoms. The summed E-state index contributed by atoms with van der Waals surface area (Å²) in [5.41, 5.74) is 2.06. The topological polar surface area (TPSA) is 63.0 Å². The van der Waals surface area contributed by atoms with Crippen molar-refractivity contribution >= 4 is 11.6 Å². The number of guanidine groups is 1. The fourth-order valence-electron chi connectivity index (χ4n) is 2.40. The number of rotatable bonds is 10. The van der Waals surface area contributed by atoms with E-state index in [4.69, 9.17) is 4.74 Å². The molecule has 0 atom stereocenters. The number of nitrogens with one attached hydrogen (secondary N) is 2. The van der Waals surface area contributed by atoms with Crippen LogP contribution >= 0.6 is 0 Å². The minimum absolute atomic E-state index is 0.662. The molecule has 2 rings (SSSR count). The van der Waals surface area contributed by atoms with E-state index in [1.165, 1.54) is 0 Å². The van der Waals surface area contributed by atoms with Gasteiger partial charge in [0.25, 0.3) is 0 Å². The van der Waals surface area contributed by atoms with Crippen LogP contribution in [0.4, 0.5) is 0 Å². The molecule has 0 aliphatic rings. The van der Waals surface area contributed by atoms with Gasteiger partial charge in [-0.1, -0.05) is 19.9 Å². The molecule has 2 aromatic rings. The van der Waals surface area contributed by atoms with Gasteiger partial charge in [0, 0.05) is 38.5 Å². The van der Waals surface area contributed by atoms with Gasteiger partial charge in [0.1, 0.15) is 5.65 Å². The zero-order chi connectivity index (χ0) is 17.9. The van der Waals surface area contributed by atoms with E-state index >= 15 is 0 Å². The summed E-state index contributed by atoms with van der Waals surface area (Å²) in [4.78, 5) is 9.16. The maximum atomic E-state index is 5.61. The number of nitrogens with zero attached hydrogens (tertiary/aromatic N) is 3. The summed E-state index contributed by atoms with van der Waals surface area (Å²) >= 11 is 0. The summed E-state index contributed by atoms with van der Waals surface area (Å²) in [6.45, 7) is 10.3. The lowest BCUT2D eigenvalue weighted by Gasteiger charge is -2.11. The van der Waals surface area contributed by atoms with Crippen molar-refractivity contribution < 1.29 is 4.74 Å². The summed E-state index contributed by atoms with van der Waals surface area (Å²) in [5, 5.41) is 6.62. The quantitative estimate of drug-likeness (QED) is 0.394. The number of fused-ring (bicyclic) bond motifs is 1. The highest BCUT2D eigenvalue weighted by Gasteiger charge is 2.02. The molecule has 2 N–H and O–H groups in total. The van der Waals surface area contributed by atoms with Crippen LogP contribution < -0.4 is 10.6 Å². The first-order chi connectivity index (χ1) is 12.2. The van der Waals surface area contributed by atoms with Gasteiger partial charge in [0.2, 0.25) is 0 Å².